The molecule has 1 fully saturated rings. The first-order valence-corrected chi connectivity index (χ1v) is 10.3. The van der Waals surface area contributed by atoms with Crippen LogP contribution in [0.3, 0.4) is 0 Å². The molecule has 1 saturated heterocycles. The highest BCUT2D eigenvalue weighted by molar-refractivity contribution is 7.09. The number of thiophene rings is 1. The number of amides is 1. The van der Waals surface area contributed by atoms with Gasteiger partial charge in [0.15, 0.2) is 0 Å². The number of para-hydroxylation sites is 1. The van der Waals surface area contributed by atoms with Crippen molar-refractivity contribution in [2.24, 2.45) is 0 Å². The van der Waals surface area contributed by atoms with E-state index in [0.29, 0.717) is 13.0 Å². The molecular weight excluding hydrogens is 379 g/mol. The van der Waals surface area contributed by atoms with Crippen molar-refractivity contribution in [3.05, 3.63) is 52.5 Å². The third kappa shape index (κ3) is 4.97. The first-order chi connectivity index (χ1) is 13.6. The van der Waals surface area contributed by atoms with Gasteiger partial charge in [-0.1, -0.05) is 18.2 Å². The fourth-order valence-electron chi connectivity index (χ4n) is 3.76. The van der Waals surface area contributed by atoms with Crippen LogP contribution in [0.15, 0.2) is 41.8 Å². The molecule has 0 bridgehead atoms. The van der Waals surface area contributed by atoms with E-state index in [4.69, 9.17) is 9.47 Å². The molecule has 0 radical (unpaired) electrons. The molecule has 1 aromatic carbocycles. The molecular formula is C21H27FN2O3S. The molecule has 3 rings (SSSR count). The van der Waals surface area contributed by atoms with Crippen molar-refractivity contribution >= 4 is 22.9 Å². The number of likely N-dealkylation sites (tertiary alicyclic amines) is 1. The van der Waals surface area contributed by atoms with Crippen LogP contribution in [0.4, 0.5) is 10.1 Å². The zero-order valence-electron chi connectivity index (χ0n) is 16.3. The number of ether oxygens (including phenoxy) is 2. The van der Waals surface area contributed by atoms with E-state index in [9.17, 15) is 9.18 Å². The lowest BCUT2D eigenvalue weighted by molar-refractivity contribution is -0.124. The van der Waals surface area contributed by atoms with Crippen molar-refractivity contribution in [3.8, 4) is 0 Å². The SMILES string of the molecule is COCC(=O)N(c1ccccc1F)C1CCN(CCc2cccs2)CC1OC. The fourth-order valence-corrected chi connectivity index (χ4v) is 4.46. The van der Waals surface area contributed by atoms with Crippen LogP contribution in [0.2, 0.25) is 0 Å². The van der Waals surface area contributed by atoms with Gasteiger partial charge < -0.3 is 19.3 Å². The topological polar surface area (TPSA) is 42.0 Å². The van der Waals surface area contributed by atoms with Gasteiger partial charge in [-0.15, -0.1) is 11.3 Å². The molecule has 7 heteroatoms. The maximum atomic E-state index is 14.5. The maximum Gasteiger partial charge on any atom is 0.253 e. The first-order valence-electron chi connectivity index (χ1n) is 9.47. The van der Waals surface area contributed by atoms with E-state index in [-0.39, 0.29) is 30.3 Å². The third-order valence-electron chi connectivity index (χ3n) is 5.15. The van der Waals surface area contributed by atoms with Gasteiger partial charge in [0.1, 0.15) is 12.4 Å². The lowest BCUT2D eigenvalue weighted by atomic mass is 9.98. The van der Waals surface area contributed by atoms with Gasteiger partial charge in [-0.3, -0.25) is 4.79 Å². The van der Waals surface area contributed by atoms with Gasteiger partial charge in [0.25, 0.3) is 5.91 Å². The Hall–Kier alpha value is -1.80. The van der Waals surface area contributed by atoms with Crippen molar-refractivity contribution in [2.45, 2.75) is 25.0 Å². The highest BCUT2D eigenvalue weighted by Crippen LogP contribution is 2.28. The predicted molar refractivity (Wildman–Crippen MR) is 109 cm³/mol. The van der Waals surface area contributed by atoms with Gasteiger partial charge in [0.2, 0.25) is 0 Å². The Morgan fingerprint density at radius 1 is 1.29 bits per heavy atom. The Morgan fingerprint density at radius 3 is 2.79 bits per heavy atom. The molecule has 2 aromatic rings. The Kier molecular flexibility index (Phi) is 7.56. The van der Waals surface area contributed by atoms with E-state index in [1.165, 1.54) is 23.0 Å². The van der Waals surface area contributed by atoms with Crippen LogP contribution in [-0.2, 0) is 20.7 Å². The summed E-state index contributed by atoms with van der Waals surface area (Å²) in [7, 11) is 3.12. The van der Waals surface area contributed by atoms with Crippen molar-refractivity contribution in [2.75, 3.05) is 45.4 Å². The number of piperidine rings is 1. The molecule has 5 nitrogen and oxygen atoms in total. The Labute approximate surface area is 169 Å². The highest BCUT2D eigenvalue weighted by atomic mass is 32.1. The molecule has 152 valence electrons. The number of hydrogen-bond donors (Lipinski definition) is 0. The van der Waals surface area contributed by atoms with Crippen LogP contribution in [-0.4, -0.2) is 63.4 Å². The highest BCUT2D eigenvalue weighted by Gasteiger charge is 2.37. The Balaban J connectivity index is 1.74. The van der Waals surface area contributed by atoms with Crippen LogP contribution in [0, 0.1) is 5.82 Å². The maximum absolute atomic E-state index is 14.5. The van der Waals surface area contributed by atoms with E-state index >= 15 is 0 Å². The molecule has 2 unspecified atom stereocenters. The number of carbonyl (C=O) groups excluding carboxylic acids is 1. The summed E-state index contributed by atoms with van der Waals surface area (Å²) in [5.41, 5.74) is 0.281. The largest absolute Gasteiger partial charge is 0.378 e. The zero-order chi connectivity index (χ0) is 19.9. The van der Waals surface area contributed by atoms with Crippen molar-refractivity contribution in [3.63, 3.8) is 0 Å². The minimum absolute atomic E-state index is 0.0939. The molecule has 0 saturated carbocycles. The van der Waals surface area contributed by atoms with E-state index in [1.807, 2.05) is 0 Å². The Morgan fingerprint density at radius 2 is 2.11 bits per heavy atom. The summed E-state index contributed by atoms with van der Waals surface area (Å²) in [5.74, 6) is -0.673. The predicted octanol–water partition coefficient (Wildman–Crippen LogP) is 3.20. The molecule has 1 aliphatic heterocycles. The Bertz CT molecular complexity index is 756. The monoisotopic (exact) mass is 406 g/mol. The number of anilines is 1. The number of halogens is 1. The third-order valence-corrected chi connectivity index (χ3v) is 6.08. The number of carbonyl (C=O) groups is 1. The number of benzene rings is 1. The summed E-state index contributed by atoms with van der Waals surface area (Å²) in [5, 5.41) is 2.09. The smallest absolute Gasteiger partial charge is 0.253 e. The van der Waals surface area contributed by atoms with E-state index in [1.54, 1.807) is 36.6 Å². The number of rotatable bonds is 8. The molecule has 0 N–H and O–H groups in total. The van der Waals surface area contributed by atoms with Crippen LogP contribution < -0.4 is 4.90 Å². The van der Waals surface area contributed by atoms with Crippen molar-refractivity contribution in [1.29, 1.82) is 0 Å². The normalized spacial score (nSPS) is 20.2. The average Bonchev–Trinajstić information content (AvgIpc) is 3.22. The summed E-state index contributed by atoms with van der Waals surface area (Å²) < 4.78 is 25.3. The minimum atomic E-state index is -0.415. The molecule has 0 aliphatic carbocycles. The summed E-state index contributed by atoms with van der Waals surface area (Å²) in [6, 6.07) is 10.4. The van der Waals surface area contributed by atoms with E-state index < -0.39 is 5.82 Å². The number of nitrogens with zero attached hydrogens (tertiary/aromatic N) is 2. The molecule has 1 aromatic heterocycles. The summed E-state index contributed by atoms with van der Waals surface area (Å²) in [6.45, 7) is 2.39. The number of hydrogen-bond acceptors (Lipinski definition) is 5. The van der Waals surface area contributed by atoms with Crippen LogP contribution in [0.1, 0.15) is 11.3 Å². The van der Waals surface area contributed by atoms with Gasteiger partial charge >= 0.3 is 0 Å². The first kappa shape index (κ1) is 20.9. The molecule has 28 heavy (non-hydrogen) atoms. The van der Waals surface area contributed by atoms with E-state index in [0.717, 1.165) is 19.5 Å². The molecule has 1 aliphatic rings. The molecule has 0 spiro atoms. The second-order valence-corrected chi connectivity index (χ2v) is 7.94. The lowest BCUT2D eigenvalue weighted by Gasteiger charge is -2.43. The van der Waals surface area contributed by atoms with Crippen molar-refractivity contribution in [1.82, 2.24) is 4.90 Å². The average molecular weight is 407 g/mol. The van der Waals surface area contributed by atoms with Gasteiger partial charge in [0, 0.05) is 38.7 Å². The molecule has 2 heterocycles. The molecule has 1 amide bonds. The molecule has 2 atom stereocenters. The number of methoxy groups -OCH3 is 2. The van der Waals surface area contributed by atoms with Crippen LogP contribution in [0.25, 0.3) is 0 Å². The van der Waals surface area contributed by atoms with E-state index in [2.05, 4.69) is 22.4 Å². The lowest BCUT2D eigenvalue weighted by Crippen LogP contribution is -2.57. The minimum Gasteiger partial charge on any atom is -0.378 e. The van der Waals surface area contributed by atoms with Gasteiger partial charge in [-0.25, -0.2) is 4.39 Å². The summed E-state index contributed by atoms with van der Waals surface area (Å²) in [4.78, 5) is 18.0. The fraction of sp³-hybridized carbons (Fsp3) is 0.476. The zero-order valence-corrected chi connectivity index (χ0v) is 17.2. The van der Waals surface area contributed by atoms with Crippen molar-refractivity contribution < 1.29 is 18.7 Å². The standard InChI is InChI=1S/C21H27FN2O3S/c1-26-15-21(25)24(18-8-4-3-7-17(18)22)19-10-12-23(14-20(19)27-2)11-9-16-6-5-13-28-16/h3-8,13,19-20H,9-12,14-15H2,1-2H3. The summed E-state index contributed by atoms with van der Waals surface area (Å²) in [6.07, 6.45) is 1.52. The second kappa shape index (κ2) is 10.1. The quantitative estimate of drug-likeness (QED) is 0.675. The summed E-state index contributed by atoms with van der Waals surface area (Å²) >= 11 is 1.77. The second-order valence-electron chi connectivity index (χ2n) is 6.91. The van der Waals surface area contributed by atoms with Gasteiger partial charge in [0.05, 0.1) is 17.8 Å². The van der Waals surface area contributed by atoms with Gasteiger partial charge in [-0.05, 0) is 36.4 Å². The van der Waals surface area contributed by atoms with Crippen LogP contribution in [0.5, 0.6) is 0 Å². The van der Waals surface area contributed by atoms with Gasteiger partial charge in [-0.2, -0.15) is 0 Å². The van der Waals surface area contributed by atoms with Crippen LogP contribution >= 0.6 is 11.3 Å².